The first-order chi connectivity index (χ1) is 12.2. The van der Waals surface area contributed by atoms with Crippen molar-refractivity contribution in [2.24, 2.45) is 16.6 Å². The second kappa shape index (κ2) is 8.21. The monoisotopic (exact) mass is 359 g/mol. The molecule has 1 atom stereocenters. The van der Waals surface area contributed by atoms with Crippen LogP contribution in [0.15, 0.2) is 29.3 Å². The number of nitrogens with zero attached hydrogens (tertiary/aromatic N) is 2. The summed E-state index contributed by atoms with van der Waals surface area (Å²) in [4.78, 5) is 30.5. The van der Waals surface area contributed by atoms with E-state index in [0.29, 0.717) is 31.1 Å². The maximum atomic E-state index is 12.8. The van der Waals surface area contributed by atoms with Crippen LogP contribution in [0.1, 0.15) is 46.1 Å². The van der Waals surface area contributed by atoms with E-state index in [1.165, 1.54) is 4.90 Å². The fourth-order valence-electron chi connectivity index (χ4n) is 3.18. The molecule has 1 heterocycles. The molecule has 7 nitrogen and oxygen atoms in total. The van der Waals surface area contributed by atoms with Gasteiger partial charge in [0.2, 0.25) is 0 Å². The quantitative estimate of drug-likeness (QED) is 0.698. The van der Waals surface area contributed by atoms with Gasteiger partial charge in [0.1, 0.15) is 5.54 Å². The Hall–Kier alpha value is -2.57. The Bertz CT molecular complexity index is 701. The Balaban J connectivity index is 2.07. The summed E-state index contributed by atoms with van der Waals surface area (Å²) in [7, 11) is 0. The molecular weight excluding hydrogens is 330 g/mol. The first kappa shape index (κ1) is 19.8. The second-order valence-corrected chi connectivity index (χ2v) is 7.31. The van der Waals surface area contributed by atoms with Gasteiger partial charge in [0, 0.05) is 12.2 Å². The van der Waals surface area contributed by atoms with Gasteiger partial charge in [0.15, 0.2) is 5.96 Å². The average Bonchev–Trinajstić information content (AvgIpc) is 2.75. The van der Waals surface area contributed by atoms with Crippen LogP contribution in [0.3, 0.4) is 0 Å². The lowest BCUT2D eigenvalue weighted by Crippen LogP contribution is -2.43. The van der Waals surface area contributed by atoms with E-state index in [1.54, 1.807) is 6.07 Å². The Morgan fingerprint density at radius 2 is 2.12 bits per heavy atom. The predicted molar refractivity (Wildman–Crippen MR) is 104 cm³/mol. The summed E-state index contributed by atoms with van der Waals surface area (Å²) in [5.41, 5.74) is 6.76. The molecule has 0 aliphatic carbocycles. The van der Waals surface area contributed by atoms with Crippen LogP contribution in [0, 0.1) is 5.92 Å². The summed E-state index contributed by atoms with van der Waals surface area (Å²) in [6.07, 6.45) is 1.53. The van der Waals surface area contributed by atoms with Crippen LogP contribution in [0.2, 0.25) is 0 Å². The van der Waals surface area contributed by atoms with Crippen molar-refractivity contribution in [3.05, 3.63) is 29.8 Å². The molecule has 142 valence electrons. The second-order valence-electron chi connectivity index (χ2n) is 7.31. The lowest BCUT2D eigenvalue weighted by atomic mass is 9.91. The molecule has 26 heavy (non-hydrogen) atoms. The number of carbonyl (C=O) groups is 2. The molecule has 1 aliphatic heterocycles. The van der Waals surface area contributed by atoms with Crippen LogP contribution in [-0.4, -0.2) is 34.9 Å². The number of nitrogens with one attached hydrogen (secondary N) is 2. The van der Waals surface area contributed by atoms with Crippen LogP contribution in [-0.2, 0) is 11.3 Å². The van der Waals surface area contributed by atoms with Gasteiger partial charge in [-0.15, -0.1) is 0 Å². The van der Waals surface area contributed by atoms with Gasteiger partial charge in [0.25, 0.3) is 5.91 Å². The summed E-state index contributed by atoms with van der Waals surface area (Å²) in [6, 6.07) is 7.14. The molecule has 4 N–H and O–H groups in total. The highest BCUT2D eigenvalue weighted by atomic mass is 16.2. The lowest BCUT2D eigenvalue weighted by molar-refractivity contribution is -0.131. The van der Waals surface area contributed by atoms with E-state index in [9.17, 15) is 9.59 Å². The van der Waals surface area contributed by atoms with E-state index < -0.39 is 5.54 Å². The van der Waals surface area contributed by atoms with Crippen molar-refractivity contribution in [1.82, 2.24) is 10.2 Å². The molecule has 1 aromatic rings. The van der Waals surface area contributed by atoms with Gasteiger partial charge in [0.05, 0.1) is 6.54 Å². The van der Waals surface area contributed by atoms with Gasteiger partial charge in [-0.1, -0.05) is 32.9 Å². The molecule has 0 spiro atoms. The minimum atomic E-state index is -0.797. The largest absolute Gasteiger partial charge is 0.369 e. The number of benzene rings is 1. The zero-order valence-electron chi connectivity index (χ0n) is 16.0. The van der Waals surface area contributed by atoms with Crippen molar-refractivity contribution < 1.29 is 9.59 Å². The summed E-state index contributed by atoms with van der Waals surface area (Å²) in [5.74, 6) is 0.509. The fraction of sp³-hybridized carbons (Fsp3) is 0.526. The zero-order chi connectivity index (χ0) is 19.3. The fourth-order valence-corrected chi connectivity index (χ4v) is 3.18. The van der Waals surface area contributed by atoms with Gasteiger partial charge in [-0.25, -0.2) is 9.79 Å². The third-order valence-corrected chi connectivity index (χ3v) is 4.21. The number of urea groups is 1. The van der Waals surface area contributed by atoms with Gasteiger partial charge in [-0.2, -0.15) is 0 Å². The summed E-state index contributed by atoms with van der Waals surface area (Å²) in [6.45, 7) is 8.89. The number of hydrogen-bond donors (Lipinski definition) is 3. The van der Waals surface area contributed by atoms with E-state index in [2.05, 4.69) is 29.5 Å². The highest BCUT2D eigenvalue weighted by Gasteiger charge is 2.43. The number of guanidine groups is 1. The standard InChI is InChI=1S/C19H29N5O2/c1-5-9-21-18(26)22-15-8-6-7-14(10-15)12-24-16(25)19(4,11-13(2)3)23-17(24)20/h6-8,10,13H,5,9,11-12H2,1-4H3,(H2,20,23)(H2,21,22,26). The van der Waals surface area contributed by atoms with E-state index in [4.69, 9.17) is 5.73 Å². The van der Waals surface area contributed by atoms with Crippen molar-refractivity contribution in [1.29, 1.82) is 0 Å². The van der Waals surface area contributed by atoms with E-state index in [-0.39, 0.29) is 17.9 Å². The third kappa shape index (κ3) is 4.74. The Labute approximate surface area is 155 Å². The van der Waals surface area contributed by atoms with Crippen molar-refractivity contribution in [3.63, 3.8) is 0 Å². The van der Waals surface area contributed by atoms with Crippen molar-refractivity contribution in [3.8, 4) is 0 Å². The molecule has 7 heteroatoms. The third-order valence-electron chi connectivity index (χ3n) is 4.21. The maximum Gasteiger partial charge on any atom is 0.319 e. The maximum absolute atomic E-state index is 12.8. The molecule has 0 aromatic heterocycles. The predicted octanol–water partition coefficient (Wildman–Crippen LogP) is 2.68. The lowest BCUT2D eigenvalue weighted by Gasteiger charge is -2.23. The van der Waals surface area contributed by atoms with Crippen LogP contribution < -0.4 is 16.4 Å². The molecule has 0 saturated carbocycles. The van der Waals surface area contributed by atoms with Gasteiger partial charge in [-0.05, 0) is 43.4 Å². The Morgan fingerprint density at radius 1 is 1.38 bits per heavy atom. The molecular formula is C19H29N5O2. The van der Waals surface area contributed by atoms with Crippen molar-refractivity contribution in [2.75, 3.05) is 11.9 Å². The number of aliphatic imine (C=N–C) groups is 1. The molecule has 0 radical (unpaired) electrons. The zero-order valence-corrected chi connectivity index (χ0v) is 16.0. The van der Waals surface area contributed by atoms with Crippen molar-refractivity contribution >= 4 is 23.6 Å². The average molecular weight is 359 g/mol. The van der Waals surface area contributed by atoms with Crippen LogP contribution in [0.25, 0.3) is 0 Å². The minimum absolute atomic E-state index is 0.0808. The first-order valence-corrected chi connectivity index (χ1v) is 9.06. The highest BCUT2D eigenvalue weighted by Crippen LogP contribution is 2.29. The molecule has 2 rings (SSSR count). The topological polar surface area (TPSA) is 99.8 Å². The summed E-state index contributed by atoms with van der Waals surface area (Å²) >= 11 is 0. The molecule has 1 aromatic carbocycles. The number of carbonyl (C=O) groups excluding carboxylic acids is 2. The molecule has 0 bridgehead atoms. The Kier molecular flexibility index (Phi) is 6.23. The summed E-state index contributed by atoms with van der Waals surface area (Å²) in [5, 5.41) is 5.55. The van der Waals surface area contributed by atoms with E-state index in [1.807, 2.05) is 32.0 Å². The smallest absolute Gasteiger partial charge is 0.319 e. The van der Waals surface area contributed by atoms with Gasteiger partial charge >= 0.3 is 6.03 Å². The van der Waals surface area contributed by atoms with Gasteiger partial charge in [-0.3, -0.25) is 9.69 Å². The van der Waals surface area contributed by atoms with Crippen LogP contribution >= 0.6 is 0 Å². The molecule has 1 unspecified atom stereocenters. The normalized spacial score (nSPS) is 19.7. The summed E-state index contributed by atoms with van der Waals surface area (Å²) < 4.78 is 0. The molecule has 0 saturated heterocycles. The SMILES string of the molecule is CCCNC(=O)Nc1cccc(CN2C(=O)C(C)(CC(C)C)N=C2N)c1. The number of rotatable bonds is 7. The van der Waals surface area contributed by atoms with Crippen molar-refractivity contribution in [2.45, 2.75) is 52.6 Å². The van der Waals surface area contributed by atoms with Gasteiger partial charge < -0.3 is 16.4 Å². The highest BCUT2D eigenvalue weighted by molar-refractivity contribution is 6.06. The minimum Gasteiger partial charge on any atom is -0.369 e. The number of amides is 3. The van der Waals surface area contributed by atoms with Crippen LogP contribution in [0.5, 0.6) is 0 Å². The first-order valence-electron chi connectivity index (χ1n) is 9.06. The number of nitrogens with two attached hydrogens (primary N) is 1. The van der Waals surface area contributed by atoms with Crippen LogP contribution in [0.4, 0.5) is 10.5 Å². The number of anilines is 1. The van der Waals surface area contributed by atoms with E-state index >= 15 is 0 Å². The van der Waals surface area contributed by atoms with E-state index in [0.717, 1.165) is 12.0 Å². The molecule has 1 aliphatic rings. The Morgan fingerprint density at radius 3 is 2.77 bits per heavy atom. The molecule has 0 fully saturated rings. The molecule has 3 amide bonds. The number of hydrogen-bond acceptors (Lipinski definition) is 4.